The number of carbonyl (C=O) groups excluding carboxylic acids is 1. The fourth-order valence-electron chi connectivity index (χ4n) is 4.48. The van der Waals surface area contributed by atoms with Gasteiger partial charge in [0.25, 0.3) is 12.3 Å². The number of amides is 1. The van der Waals surface area contributed by atoms with Gasteiger partial charge in [0.05, 0.1) is 25.2 Å². The summed E-state index contributed by atoms with van der Waals surface area (Å²) < 4.78 is 64.2. The van der Waals surface area contributed by atoms with Crippen molar-refractivity contribution in [1.29, 1.82) is 0 Å². The molecule has 1 fully saturated rings. The van der Waals surface area contributed by atoms with Crippen molar-refractivity contribution in [1.82, 2.24) is 34.5 Å². The molecule has 1 aromatic carbocycles. The van der Waals surface area contributed by atoms with Gasteiger partial charge >= 0.3 is 0 Å². The fourth-order valence-corrected chi connectivity index (χ4v) is 4.48. The van der Waals surface area contributed by atoms with Crippen LogP contribution in [-0.2, 0) is 4.79 Å². The average molecular weight is 520 g/mol. The predicted octanol–water partition coefficient (Wildman–Crippen LogP) is 3.64. The van der Waals surface area contributed by atoms with E-state index in [9.17, 15) is 22.4 Å². The zero-order valence-corrected chi connectivity index (χ0v) is 20.2. The molecule has 3 aromatic heterocycles. The summed E-state index contributed by atoms with van der Waals surface area (Å²) in [5.74, 6) is -3.51. The van der Waals surface area contributed by atoms with Gasteiger partial charge in [-0.2, -0.15) is 4.98 Å². The first-order valence-corrected chi connectivity index (χ1v) is 11.6. The van der Waals surface area contributed by atoms with E-state index in [4.69, 9.17) is 4.74 Å². The highest BCUT2D eigenvalue weighted by Gasteiger charge is 2.45. The number of hydrogen-bond acceptors (Lipinski definition) is 7. The van der Waals surface area contributed by atoms with Crippen LogP contribution in [0.3, 0.4) is 0 Å². The van der Waals surface area contributed by atoms with Crippen molar-refractivity contribution in [2.75, 3.05) is 25.5 Å². The highest BCUT2D eigenvalue weighted by Crippen LogP contribution is 2.35. The van der Waals surface area contributed by atoms with E-state index in [0.29, 0.717) is 27.7 Å². The van der Waals surface area contributed by atoms with E-state index >= 15 is 0 Å². The van der Waals surface area contributed by atoms with Gasteiger partial charge in [-0.05, 0) is 37.1 Å². The molecule has 1 aliphatic rings. The molecule has 1 amide bonds. The summed E-state index contributed by atoms with van der Waals surface area (Å²) in [7, 11) is 1.40. The van der Waals surface area contributed by atoms with Gasteiger partial charge in [-0.25, -0.2) is 26.8 Å². The second-order valence-corrected chi connectivity index (χ2v) is 8.97. The van der Waals surface area contributed by atoms with Gasteiger partial charge < -0.3 is 15.0 Å². The molecule has 0 saturated carbocycles. The van der Waals surface area contributed by atoms with Crippen LogP contribution in [0.4, 0.5) is 23.5 Å². The Morgan fingerprint density at radius 2 is 2.05 bits per heavy atom. The first-order chi connectivity index (χ1) is 17.6. The Kier molecular flexibility index (Phi) is 6.12. The average Bonchev–Trinajstić information content (AvgIpc) is 3.47. The zero-order valence-electron chi connectivity index (χ0n) is 20.2. The van der Waals surface area contributed by atoms with Crippen LogP contribution in [0.25, 0.3) is 27.7 Å². The van der Waals surface area contributed by atoms with Crippen molar-refractivity contribution < 1.29 is 27.1 Å². The Hall–Kier alpha value is -3.97. The van der Waals surface area contributed by atoms with Crippen LogP contribution >= 0.6 is 0 Å². The maximum Gasteiger partial charge on any atom is 0.285 e. The van der Waals surface area contributed by atoms with E-state index in [-0.39, 0.29) is 24.8 Å². The summed E-state index contributed by atoms with van der Waals surface area (Å²) in [6.45, 7) is 2.12. The number of likely N-dealkylation sites (tertiary alicyclic amines) is 1. The second-order valence-electron chi connectivity index (χ2n) is 8.97. The monoisotopic (exact) mass is 520 g/mol. The van der Waals surface area contributed by atoms with Gasteiger partial charge in [0.15, 0.2) is 0 Å². The number of ether oxygens (including phenoxy) is 1. The summed E-state index contributed by atoms with van der Waals surface area (Å²) >= 11 is 0. The summed E-state index contributed by atoms with van der Waals surface area (Å²) in [5, 5.41) is 14.9. The van der Waals surface area contributed by atoms with Crippen LogP contribution in [0.1, 0.15) is 26.3 Å². The first-order valence-electron chi connectivity index (χ1n) is 11.6. The van der Waals surface area contributed by atoms with E-state index in [1.165, 1.54) is 30.2 Å². The van der Waals surface area contributed by atoms with Crippen LogP contribution in [0, 0.1) is 0 Å². The van der Waals surface area contributed by atoms with Gasteiger partial charge in [-0.3, -0.25) is 4.79 Å². The van der Waals surface area contributed by atoms with Crippen LogP contribution in [0.5, 0.6) is 5.88 Å². The van der Waals surface area contributed by atoms with Crippen LogP contribution in [-0.4, -0.2) is 79.0 Å². The molecule has 0 radical (unpaired) electrons. The summed E-state index contributed by atoms with van der Waals surface area (Å²) in [6, 6.07) is 4.43. The smallest absolute Gasteiger partial charge is 0.285 e. The van der Waals surface area contributed by atoms with E-state index in [2.05, 4.69) is 25.7 Å². The molecule has 0 spiro atoms. The number of nitrogens with one attached hydrogen (secondary N) is 1. The van der Waals surface area contributed by atoms with Gasteiger partial charge in [-0.1, -0.05) is 11.3 Å². The van der Waals surface area contributed by atoms with E-state index < -0.39 is 36.9 Å². The Morgan fingerprint density at radius 3 is 2.73 bits per heavy atom. The van der Waals surface area contributed by atoms with Crippen LogP contribution in [0.2, 0.25) is 0 Å². The minimum atomic E-state index is -3.18. The number of piperidine rings is 1. The standard InChI is InChI=1S/C23H24F4N8O2/c1-12(20(24)25)35-17-10-14(4-5-16(17)30-32-35)15-6-9-34-19(15)21(37-3)29-22(31-34)28-18-7-8-33(13(2)36)11-23(18,26)27/h4-6,9-10,12,18,20H,7-8,11H2,1-3H3,(H,28,31)/t12-,18-/m1/s1. The maximum atomic E-state index is 14.7. The number of anilines is 1. The Balaban J connectivity index is 1.49. The molecule has 0 unspecified atom stereocenters. The second kappa shape index (κ2) is 9.16. The van der Waals surface area contributed by atoms with Crippen LogP contribution < -0.4 is 10.1 Å². The lowest BCUT2D eigenvalue weighted by molar-refractivity contribution is -0.140. The lowest BCUT2D eigenvalue weighted by atomic mass is 10.0. The molecule has 2 atom stereocenters. The van der Waals surface area contributed by atoms with E-state index in [1.54, 1.807) is 30.5 Å². The predicted molar refractivity (Wildman–Crippen MR) is 126 cm³/mol. The number of methoxy groups -OCH3 is 1. The number of hydrogen-bond donors (Lipinski definition) is 1. The molecule has 0 aliphatic carbocycles. The zero-order chi connectivity index (χ0) is 26.5. The maximum absolute atomic E-state index is 14.7. The third-order valence-corrected chi connectivity index (χ3v) is 6.55. The number of aromatic nitrogens is 6. The molecule has 196 valence electrons. The molecule has 1 saturated heterocycles. The minimum absolute atomic E-state index is 0.0198. The molecule has 4 aromatic rings. The van der Waals surface area contributed by atoms with Crippen molar-refractivity contribution in [3.63, 3.8) is 0 Å². The molecule has 0 bridgehead atoms. The lowest BCUT2D eigenvalue weighted by Crippen LogP contribution is -2.55. The van der Waals surface area contributed by atoms with Crippen molar-refractivity contribution in [2.45, 2.75) is 44.7 Å². The van der Waals surface area contributed by atoms with Gasteiger partial charge in [-0.15, -0.1) is 10.2 Å². The highest BCUT2D eigenvalue weighted by atomic mass is 19.3. The third-order valence-electron chi connectivity index (χ3n) is 6.55. The van der Waals surface area contributed by atoms with E-state index in [1.807, 2.05) is 0 Å². The highest BCUT2D eigenvalue weighted by molar-refractivity contribution is 5.89. The number of rotatable bonds is 6. The summed E-state index contributed by atoms with van der Waals surface area (Å²) in [5.41, 5.74) is 2.66. The molecule has 10 nitrogen and oxygen atoms in total. The number of alkyl halides is 4. The number of carbonyl (C=O) groups is 1. The largest absolute Gasteiger partial charge is 0.479 e. The fraction of sp³-hybridized carbons (Fsp3) is 0.435. The van der Waals surface area contributed by atoms with Crippen molar-refractivity contribution in [3.8, 4) is 17.0 Å². The van der Waals surface area contributed by atoms with E-state index in [0.717, 1.165) is 4.90 Å². The van der Waals surface area contributed by atoms with Gasteiger partial charge in [0.2, 0.25) is 17.7 Å². The third kappa shape index (κ3) is 4.40. The molecule has 14 heteroatoms. The quantitative estimate of drug-likeness (QED) is 0.387. The number of fused-ring (bicyclic) bond motifs is 2. The SMILES string of the molecule is COc1nc(N[C@@H]2CCN(C(C)=O)CC2(F)F)nn2ccc(-c3ccc4nnn([C@H](C)C(F)F)c4c3)c12. The molecule has 1 aliphatic heterocycles. The van der Waals surface area contributed by atoms with Crippen LogP contribution in [0.15, 0.2) is 30.5 Å². The Morgan fingerprint density at radius 1 is 1.27 bits per heavy atom. The number of nitrogens with zero attached hydrogens (tertiary/aromatic N) is 7. The van der Waals surface area contributed by atoms with Crippen molar-refractivity contribution in [3.05, 3.63) is 30.5 Å². The summed E-state index contributed by atoms with van der Waals surface area (Å²) in [6.07, 6.45) is -0.977. The van der Waals surface area contributed by atoms with Gasteiger partial charge in [0.1, 0.15) is 17.1 Å². The Bertz CT molecular complexity index is 1470. The number of halogens is 4. The molecule has 37 heavy (non-hydrogen) atoms. The topological polar surface area (TPSA) is 102 Å². The van der Waals surface area contributed by atoms with Crippen molar-refractivity contribution >= 4 is 28.4 Å². The molecule has 4 heterocycles. The molecule has 1 N–H and O–H groups in total. The molecule has 5 rings (SSSR count). The molecular formula is C23H24F4N8O2. The van der Waals surface area contributed by atoms with Crippen molar-refractivity contribution in [2.24, 2.45) is 0 Å². The first kappa shape index (κ1) is 24.7. The lowest BCUT2D eigenvalue weighted by Gasteiger charge is -2.38. The summed E-state index contributed by atoms with van der Waals surface area (Å²) in [4.78, 5) is 16.9. The molecular weight excluding hydrogens is 496 g/mol. The normalized spacial score (nSPS) is 18.5. The number of benzene rings is 1. The Labute approximate surface area is 208 Å². The minimum Gasteiger partial charge on any atom is -0.479 e. The van der Waals surface area contributed by atoms with Gasteiger partial charge in [0, 0.05) is 25.2 Å².